The second kappa shape index (κ2) is 11.8. The lowest BCUT2D eigenvalue weighted by Crippen LogP contribution is -2.44. The summed E-state index contributed by atoms with van der Waals surface area (Å²) in [6, 6.07) is 3.41. The zero-order chi connectivity index (χ0) is 31.8. The Kier molecular flexibility index (Phi) is 8.10. The number of aromatic nitrogens is 6. The van der Waals surface area contributed by atoms with Crippen LogP contribution in [0.2, 0.25) is 0 Å². The molecule has 0 aromatic carbocycles. The standard InChI is InChI=1S/C28H28FN9O5S/c1-4-17(18-7-8-32-33-11-18)9-21-16(2)38(35-26(21)27(30)40)15-25(39)36-13-19(29)10-22(36)28(41)34-24-12-31-23-6-5-20(14-37(23)24)44(3,42)43/h4-9,11-12,14,19,22H,1,10,13,15H2,2-3H3,(H2,30,40)(H,34,41)/b17-9+. The minimum Gasteiger partial charge on any atom is -0.364 e. The van der Waals surface area contributed by atoms with E-state index >= 15 is 0 Å². The Bertz CT molecular complexity index is 1930. The first-order chi connectivity index (χ1) is 20.9. The van der Waals surface area contributed by atoms with E-state index in [4.69, 9.17) is 5.73 Å². The first-order valence-electron chi connectivity index (χ1n) is 13.3. The number of allylic oxidation sites excluding steroid dienone is 2. The lowest BCUT2D eigenvalue weighted by molar-refractivity contribution is -0.137. The highest BCUT2D eigenvalue weighted by atomic mass is 32.2. The number of anilines is 1. The topological polar surface area (TPSA) is 188 Å². The van der Waals surface area contributed by atoms with Crippen molar-refractivity contribution >= 4 is 50.7 Å². The molecule has 1 saturated heterocycles. The molecular formula is C28H28FN9O5S. The lowest BCUT2D eigenvalue weighted by Gasteiger charge is -2.23. The van der Waals surface area contributed by atoms with Crippen LogP contribution in [0.5, 0.6) is 0 Å². The molecule has 3 N–H and O–H groups in total. The number of carbonyl (C=O) groups is 3. The van der Waals surface area contributed by atoms with Crippen LogP contribution in [0.4, 0.5) is 10.2 Å². The Morgan fingerprint density at radius 3 is 2.64 bits per heavy atom. The van der Waals surface area contributed by atoms with Gasteiger partial charge in [-0.15, -0.1) is 0 Å². The smallest absolute Gasteiger partial charge is 0.269 e. The minimum atomic E-state index is -3.54. The number of alkyl halides is 1. The van der Waals surface area contributed by atoms with Crippen LogP contribution in [-0.2, 0) is 26.0 Å². The predicted octanol–water partition coefficient (Wildman–Crippen LogP) is 1.44. The fourth-order valence-electron chi connectivity index (χ4n) is 4.96. The van der Waals surface area contributed by atoms with Crippen LogP contribution in [0.15, 0.2) is 60.5 Å². The molecule has 5 heterocycles. The van der Waals surface area contributed by atoms with Crippen LogP contribution in [0.1, 0.15) is 33.7 Å². The molecule has 2 unspecified atom stereocenters. The van der Waals surface area contributed by atoms with Crippen molar-refractivity contribution < 1.29 is 27.2 Å². The molecule has 228 valence electrons. The van der Waals surface area contributed by atoms with Gasteiger partial charge in [0.05, 0.1) is 30.0 Å². The molecular weight excluding hydrogens is 593 g/mol. The van der Waals surface area contributed by atoms with E-state index in [-0.39, 0.29) is 29.4 Å². The van der Waals surface area contributed by atoms with Gasteiger partial charge in [0.25, 0.3) is 5.91 Å². The van der Waals surface area contributed by atoms with Crippen LogP contribution in [-0.4, -0.2) is 85.4 Å². The Hall–Kier alpha value is -5.25. The molecule has 2 atom stereocenters. The summed E-state index contributed by atoms with van der Waals surface area (Å²) in [6.07, 6.45) is 8.21. The number of nitrogens with two attached hydrogens (primary N) is 1. The highest BCUT2D eigenvalue weighted by Crippen LogP contribution is 2.26. The number of likely N-dealkylation sites (tertiary alicyclic amines) is 1. The normalized spacial score (nSPS) is 17.2. The third-order valence-electron chi connectivity index (χ3n) is 7.24. The van der Waals surface area contributed by atoms with E-state index in [9.17, 15) is 27.2 Å². The van der Waals surface area contributed by atoms with E-state index in [0.717, 1.165) is 11.2 Å². The lowest BCUT2D eigenvalue weighted by atomic mass is 10.0. The summed E-state index contributed by atoms with van der Waals surface area (Å²) in [5.41, 5.74) is 7.94. The molecule has 1 aliphatic heterocycles. The highest BCUT2D eigenvalue weighted by Gasteiger charge is 2.40. The summed E-state index contributed by atoms with van der Waals surface area (Å²) in [5.74, 6) is -1.96. The molecule has 4 aromatic rings. The van der Waals surface area contributed by atoms with Gasteiger partial charge in [0.2, 0.25) is 11.8 Å². The fraction of sp³-hybridized carbons (Fsp3) is 0.250. The predicted molar refractivity (Wildman–Crippen MR) is 158 cm³/mol. The first kappa shape index (κ1) is 30.2. The number of sulfone groups is 1. The third kappa shape index (κ3) is 5.96. The number of rotatable bonds is 9. The van der Waals surface area contributed by atoms with E-state index in [0.29, 0.717) is 28.0 Å². The van der Waals surface area contributed by atoms with Gasteiger partial charge < -0.3 is 16.0 Å². The van der Waals surface area contributed by atoms with Gasteiger partial charge in [-0.1, -0.05) is 12.7 Å². The maximum atomic E-state index is 14.6. The van der Waals surface area contributed by atoms with Crippen molar-refractivity contribution in [2.75, 3.05) is 18.1 Å². The second-order valence-electron chi connectivity index (χ2n) is 10.2. The van der Waals surface area contributed by atoms with E-state index in [2.05, 4.69) is 32.2 Å². The number of nitrogens with one attached hydrogen (secondary N) is 1. The van der Waals surface area contributed by atoms with Crippen LogP contribution in [0, 0.1) is 6.92 Å². The van der Waals surface area contributed by atoms with Crippen molar-refractivity contribution in [2.24, 2.45) is 5.73 Å². The molecule has 14 nitrogen and oxygen atoms in total. The quantitative estimate of drug-likeness (QED) is 0.261. The molecule has 5 rings (SSSR count). The Morgan fingerprint density at radius 1 is 1.20 bits per heavy atom. The van der Waals surface area contributed by atoms with Crippen molar-refractivity contribution in [1.29, 1.82) is 0 Å². The molecule has 44 heavy (non-hydrogen) atoms. The highest BCUT2D eigenvalue weighted by molar-refractivity contribution is 7.90. The largest absolute Gasteiger partial charge is 0.364 e. The Morgan fingerprint density at radius 2 is 1.98 bits per heavy atom. The van der Waals surface area contributed by atoms with Gasteiger partial charge in [-0.2, -0.15) is 15.3 Å². The van der Waals surface area contributed by atoms with Gasteiger partial charge in [-0.25, -0.2) is 17.8 Å². The average molecular weight is 622 g/mol. The minimum absolute atomic E-state index is 0.0109. The van der Waals surface area contributed by atoms with Gasteiger partial charge in [-0.05, 0) is 36.8 Å². The van der Waals surface area contributed by atoms with Crippen molar-refractivity contribution in [3.05, 3.63) is 78.2 Å². The van der Waals surface area contributed by atoms with Crippen LogP contribution >= 0.6 is 0 Å². The summed E-state index contributed by atoms with van der Waals surface area (Å²) in [5, 5.41) is 14.5. The molecule has 4 aromatic heterocycles. The maximum absolute atomic E-state index is 14.6. The molecule has 1 fully saturated rings. The van der Waals surface area contributed by atoms with Crippen LogP contribution in [0.25, 0.3) is 17.3 Å². The summed E-state index contributed by atoms with van der Waals surface area (Å²) in [7, 11) is -3.54. The number of fused-ring (bicyclic) bond motifs is 1. The van der Waals surface area contributed by atoms with Gasteiger partial charge in [0.1, 0.15) is 30.2 Å². The first-order valence-corrected chi connectivity index (χ1v) is 15.2. The van der Waals surface area contributed by atoms with E-state index in [1.54, 1.807) is 25.1 Å². The maximum Gasteiger partial charge on any atom is 0.269 e. The van der Waals surface area contributed by atoms with Gasteiger partial charge in [0, 0.05) is 35.7 Å². The molecule has 0 bridgehead atoms. The molecule has 1 aliphatic rings. The summed E-state index contributed by atoms with van der Waals surface area (Å²) < 4.78 is 41.3. The molecule has 3 amide bonds. The summed E-state index contributed by atoms with van der Waals surface area (Å²) in [6.45, 7) is 4.73. The van der Waals surface area contributed by atoms with Crippen LogP contribution in [0.3, 0.4) is 0 Å². The molecule has 0 aliphatic carbocycles. The van der Waals surface area contributed by atoms with Gasteiger partial charge >= 0.3 is 0 Å². The summed E-state index contributed by atoms with van der Waals surface area (Å²) >= 11 is 0. The van der Waals surface area contributed by atoms with Crippen molar-refractivity contribution in [3.63, 3.8) is 0 Å². The molecule has 0 radical (unpaired) electrons. The molecule has 0 spiro atoms. The zero-order valence-corrected chi connectivity index (χ0v) is 24.5. The Balaban J connectivity index is 1.39. The number of pyridine rings is 1. The zero-order valence-electron chi connectivity index (χ0n) is 23.7. The van der Waals surface area contributed by atoms with E-state index < -0.39 is 46.3 Å². The average Bonchev–Trinajstić information content (AvgIpc) is 3.67. The van der Waals surface area contributed by atoms with Gasteiger partial charge in [0.15, 0.2) is 15.5 Å². The van der Waals surface area contributed by atoms with Gasteiger partial charge in [-0.3, -0.25) is 23.5 Å². The van der Waals surface area contributed by atoms with E-state index in [1.807, 2.05) is 0 Å². The number of halogens is 1. The number of hydrogen-bond acceptors (Lipinski definition) is 9. The van der Waals surface area contributed by atoms with Crippen molar-refractivity contribution in [1.82, 2.24) is 34.3 Å². The number of carbonyl (C=O) groups excluding carboxylic acids is 3. The molecule has 0 saturated carbocycles. The van der Waals surface area contributed by atoms with E-state index in [1.165, 1.54) is 46.0 Å². The SMILES string of the molecule is C=C/C(=C\c1c(C(N)=O)nn(CC(=O)N2CC(F)CC2C(=O)Nc2cnc3ccc(S(C)(=O)=O)cn23)c1C)c1ccnnc1. The second-order valence-corrected chi connectivity index (χ2v) is 12.2. The number of amides is 3. The third-order valence-corrected chi connectivity index (χ3v) is 8.34. The fourth-order valence-corrected chi connectivity index (χ4v) is 5.57. The van der Waals surface area contributed by atoms with Crippen molar-refractivity contribution in [3.8, 4) is 0 Å². The molecule has 16 heteroatoms. The van der Waals surface area contributed by atoms with Crippen LogP contribution < -0.4 is 11.1 Å². The number of imidazole rings is 1. The number of hydrogen-bond donors (Lipinski definition) is 2. The number of primary amides is 1. The summed E-state index contributed by atoms with van der Waals surface area (Å²) in [4.78, 5) is 44.3. The Labute approximate surface area is 251 Å². The van der Waals surface area contributed by atoms with Crippen molar-refractivity contribution in [2.45, 2.75) is 37.0 Å². The number of nitrogens with zero attached hydrogens (tertiary/aromatic N) is 7. The monoisotopic (exact) mass is 621 g/mol.